The summed E-state index contributed by atoms with van der Waals surface area (Å²) in [5, 5.41) is 11.5. The summed E-state index contributed by atoms with van der Waals surface area (Å²) in [5.74, 6) is -0.149. The number of benzene rings is 1. The largest absolute Gasteiger partial charge is 0.409 e. The van der Waals surface area contributed by atoms with Crippen LogP contribution in [0.25, 0.3) is 0 Å². The summed E-state index contributed by atoms with van der Waals surface area (Å²) in [6.45, 7) is 2.91. The Morgan fingerprint density at radius 2 is 2.28 bits per heavy atom. The van der Waals surface area contributed by atoms with E-state index in [0.717, 1.165) is 4.47 Å². The second kappa shape index (κ2) is 6.70. The van der Waals surface area contributed by atoms with Gasteiger partial charge in [0, 0.05) is 29.0 Å². The second-order valence-electron chi connectivity index (χ2n) is 4.36. The predicted octanol–water partition coefficient (Wildman–Crippen LogP) is 2.40. The minimum absolute atomic E-state index is 0.0847. The van der Waals surface area contributed by atoms with Gasteiger partial charge in [-0.2, -0.15) is 0 Å². The molecule has 4 nitrogen and oxygen atoms in total. The van der Waals surface area contributed by atoms with E-state index in [1.165, 1.54) is 6.07 Å². The maximum atomic E-state index is 13.6. The van der Waals surface area contributed by atoms with E-state index in [0.29, 0.717) is 18.7 Å². The molecule has 1 rings (SSSR count). The van der Waals surface area contributed by atoms with E-state index in [4.69, 9.17) is 10.9 Å². The minimum atomic E-state index is -0.243. The van der Waals surface area contributed by atoms with Gasteiger partial charge in [-0.1, -0.05) is 34.1 Å². The van der Waals surface area contributed by atoms with Crippen LogP contribution in [0, 0.1) is 11.7 Å². The van der Waals surface area contributed by atoms with Crippen molar-refractivity contribution in [3.05, 3.63) is 34.1 Å². The van der Waals surface area contributed by atoms with Crippen LogP contribution in [0.15, 0.2) is 27.8 Å². The molecule has 3 N–H and O–H groups in total. The molecule has 1 unspecified atom stereocenters. The van der Waals surface area contributed by atoms with Gasteiger partial charge in [-0.15, -0.1) is 0 Å². The van der Waals surface area contributed by atoms with Gasteiger partial charge in [0.15, 0.2) is 0 Å². The Balaban J connectivity index is 2.62. The predicted molar refractivity (Wildman–Crippen MR) is 73.0 cm³/mol. The summed E-state index contributed by atoms with van der Waals surface area (Å²) in [7, 11) is 1.86. The van der Waals surface area contributed by atoms with E-state index in [1.807, 2.05) is 18.9 Å². The molecule has 1 aromatic carbocycles. The third-order valence-electron chi connectivity index (χ3n) is 2.66. The van der Waals surface area contributed by atoms with Gasteiger partial charge < -0.3 is 15.8 Å². The molecule has 0 amide bonds. The maximum absolute atomic E-state index is 13.6. The van der Waals surface area contributed by atoms with Gasteiger partial charge in [-0.25, -0.2) is 4.39 Å². The molecule has 0 aliphatic rings. The summed E-state index contributed by atoms with van der Waals surface area (Å²) in [6.07, 6.45) is 0. The number of oxime groups is 1. The first-order valence-corrected chi connectivity index (χ1v) is 6.33. The molecule has 0 fully saturated rings. The lowest BCUT2D eigenvalue weighted by molar-refractivity contribution is 0.288. The standard InChI is InChI=1S/C12H17BrFN3O/c1-8(12(15)16-18)6-17(2)7-9-3-4-10(13)5-11(9)14/h3-5,8,18H,6-7H2,1-2H3,(H2,15,16). The van der Waals surface area contributed by atoms with E-state index in [-0.39, 0.29) is 17.6 Å². The Bertz CT molecular complexity index is 439. The third-order valence-corrected chi connectivity index (χ3v) is 3.15. The Morgan fingerprint density at radius 1 is 1.61 bits per heavy atom. The summed E-state index contributed by atoms with van der Waals surface area (Å²) < 4.78 is 14.3. The summed E-state index contributed by atoms with van der Waals surface area (Å²) in [4.78, 5) is 1.93. The van der Waals surface area contributed by atoms with Crippen molar-refractivity contribution in [1.29, 1.82) is 0 Å². The van der Waals surface area contributed by atoms with Crippen molar-refractivity contribution < 1.29 is 9.60 Å². The lowest BCUT2D eigenvalue weighted by atomic mass is 10.1. The van der Waals surface area contributed by atoms with Crippen LogP contribution in [0.4, 0.5) is 4.39 Å². The first-order chi connectivity index (χ1) is 8.43. The Hall–Kier alpha value is -1.14. The lowest BCUT2D eigenvalue weighted by Crippen LogP contribution is -2.32. The number of hydrogen-bond acceptors (Lipinski definition) is 3. The van der Waals surface area contributed by atoms with Gasteiger partial charge in [0.2, 0.25) is 0 Å². The summed E-state index contributed by atoms with van der Waals surface area (Å²) in [6, 6.07) is 4.99. The molecular weight excluding hydrogens is 301 g/mol. The van der Waals surface area contributed by atoms with E-state index >= 15 is 0 Å². The Morgan fingerprint density at radius 3 is 2.83 bits per heavy atom. The highest BCUT2D eigenvalue weighted by atomic mass is 79.9. The maximum Gasteiger partial charge on any atom is 0.143 e. The molecule has 0 aromatic heterocycles. The Kier molecular flexibility index (Phi) is 5.55. The highest BCUT2D eigenvalue weighted by Crippen LogP contribution is 2.16. The molecule has 0 aliphatic carbocycles. The lowest BCUT2D eigenvalue weighted by Gasteiger charge is -2.20. The van der Waals surface area contributed by atoms with Gasteiger partial charge >= 0.3 is 0 Å². The van der Waals surface area contributed by atoms with Gasteiger partial charge in [-0.05, 0) is 19.2 Å². The van der Waals surface area contributed by atoms with Crippen LogP contribution < -0.4 is 5.73 Å². The molecule has 0 saturated heterocycles. The molecule has 1 aromatic rings. The number of nitrogens with two attached hydrogens (primary N) is 1. The first-order valence-electron chi connectivity index (χ1n) is 5.54. The number of hydrogen-bond donors (Lipinski definition) is 2. The van der Waals surface area contributed by atoms with E-state index in [1.54, 1.807) is 12.1 Å². The van der Waals surface area contributed by atoms with Crippen LogP contribution in [0.5, 0.6) is 0 Å². The molecule has 0 bridgehead atoms. The molecule has 100 valence electrons. The molecule has 1 atom stereocenters. The molecule has 0 heterocycles. The zero-order chi connectivity index (χ0) is 13.7. The average molecular weight is 318 g/mol. The first kappa shape index (κ1) is 14.9. The number of halogens is 2. The van der Waals surface area contributed by atoms with Crippen molar-refractivity contribution in [1.82, 2.24) is 4.90 Å². The average Bonchev–Trinajstić information content (AvgIpc) is 2.31. The smallest absolute Gasteiger partial charge is 0.143 e. The number of nitrogens with zero attached hydrogens (tertiary/aromatic N) is 2. The molecule has 0 aliphatic heterocycles. The van der Waals surface area contributed by atoms with Gasteiger partial charge in [0.25, 0.3) is 0 Å². The van der Waals surface area contributed by atoms with Crippen molar-refractivity contribution in [2.24, 2.45) is 16.8 Å². The molecule has 18 heavy (non-hydrogen) atoms. The SMILES string of the molecule is CC(CN(C)Cc1ccc(Br)cc1F)/C(N)=N/O. The van der Waals surface area contributed by atoms with Gasteiger partial charge in [-0.3, -0.25) is 0 Å². The van der Waals surface area contributed by atoms with Crippen molar-refractivity contribution in [2.45, 2.75) is 13.5 Å². The number of rotatable bonds is 5. The summed E-state index contributed by atoms with van der Waals surface area (Å²) in [5.41, 5.74) is 6.12. The fourth-order valence-corrected chi connectivity index (χ4v) is 2.00. The highest BCUT2D eigenvalue weighted by molar-refractivity contribution is 9.10. The monoisotopic (exact) mass is 317 g/mol. The Labute approximate surface area is 114 Å². The van der Waals surface area contributed by atoms with Crippen LogP contribution in [0.3, 0.4) is 0 Å². The van der Waals surface area contributed by atoms with Crippen molar-refractivity contribution in [3.63, 3.8) is 0 Å². The summed E-state index contributed by atoms with van der Waals surface area (Å²) >= 11 is 3.22. The zero-order valence-corrected chi connectivity index (χ0v) is 12.0. The second-order valence-corrected chi connectivity index (χ2v) is 5.27. The van der Waals surface area contributed by atoms with Crippen LogP contribution in [0.1, 0.15) is 12.5 Å². The molecule has 0 saturated carbocycles. The molecule has 0 radical (unpaired) electrons. The third kappa shape index (κ3) is 4.27. The van der Waals surface area contributed by atoms with Gasteiger partial charge in [0.05, 0.1) is 0 Å². The number of amidine groups is 1. The molecular formula is C12H17BrFN3O. The normalized spacial score (nSPS) is 13.9. The molecule has 0 spiro atoms. The van der Waals surface area contributed by atoms with Crippen LogP contribution in [0.2, 0.25) is 0 Å². The van der Waals surface area contributed by atoms with Crippen molar-refractivity contribution in [2.75, 3.05) is 13.6 Å². The van der Waals surface area contributed by atoms with Crippen LogP contribution >= 0.6 is 15.9 Å². The highest BCUT2D eigenvalue weighted by Gasteiger charge is 2.12. The van der Waals surface area contributed by atoms with Crippen molar-refractivity contribution in [3.8, 4) is 0 Å². The zero-order valence-electron chi connectivity index (χ0n) is 10.4. The van der Waals surface area contributed by atoms with Crippen LogP contribution in [-0.2, 0) is 6.54 Å². The van der Waals surface area contributed by atoms with E-state index in [9.17, 15) is 4.39 Å². The van der Waals surface area contributed by atoms with E-state index < -0.39 is 0 Å². The van der Waals surface area contributed by atoms with Gasteiger partial charge in [0.1, 0.15) is 11.7 Å². The fraction of sp³-hybridized carbons (Fsp3) is 0.417. The quantitative estimate of drug-likeness (QED) is 0.379. The van der Waals surface area contributed by atoms with E-state index in [2.05, 4.69) is 21.1 Å². The fourth-order valence-electron chi connectivity index (χ4n) is 1.66. The topological polar surface area (TPSA) is 61.8 Å². The minimum Gasteiger partial charge on any atom is -0.409 e. The molecule has 6 heteroatoms. The van der Waals surface area contributed by atoms with Crippen LogP contribution in [-0.4, -0.2) is 29.5 Å². The van der Waals surface area contributed by atoms with Crippen molar-refractivity contribution >= 4 is 21.8 Å².